The molecule has 0 saturated heterocycles. The Hall–Kier alpha value is -2.68. The van der Waals surface area contributed by atoms with Crippen molar-refractivity contribution in [2.45, 2.75) is 20.3 Å². The monoisotopic (exact) mass is 320 g/mol. The summed E-state index contributed by atoms with van der Waals surface area (Å²) in [6.07, 6.45) is 0.384. The average Bonchev–Trinajstić information content (AvgIpc) is 2.56. The molecule has 24 heavy (non-hydrogen) atoms. The van der Waals surface area contributed by atoms with E-state index in [0.717, 1.165) is 22.3 Å². The van der Waals surface area contributed by atoms with Crippen LogP contribution in [0.1, 0.15) is 31.4 Å². The van der Waals surface area contributed by atoms with Gasteiger partial charge in [0.2, 0.25) is 0 Å². The molecule has 0 radical (unpaired) electrons. The molecule has 1 aliphatic carbocycles. The lowest BCUT2D eigenvalue weighted by Gasteiger charge is -2.42. The van der Waals surface area contributed by atoms with Crippen LogP contribution < -0.4 is 0 Å². The average molecular weight is 320 g/mol. The molecule has 3 rings (SSSR count). The maximum absolute atomic E-state index is 12.7. The van der Waals surface area contributed by atoms with Crippen LogP contribution in [-0.2, 0) is 14.3 Å². The molecule has 1 unspecified atom stereocenters. The number of allylic oxidation sites excluding steroid dienone is 1. The van der Waals surface area contributed by atoms with E-state index in [1.54, 1.807) is 6.92 Å². The number of carbonyl (C=O) groups is 2. The Kier molecular flexibility index (Phi) is 4.34. The molecule has 1 atom stereocenters. The highest BCUT2D eigenvalue weighted by atomic mass is 16.5. The second-order valence-corrected chi connectivity index (χ2v) is 5.94. The molecule has 3 heteroatoms. The van der Waals surface area contributed by atoms with Crippen molar-refractivity contribution >= 4 is 22.9 Å². The minimum atomic E-state index is -1.19. The molecule has 0 spiro atoms. The van der Waals surface area contributed by atoms with Crippen LogP contribution in [0, 0.1) is 5.41 Å². The van der Waals surface area contributed by atoms with Gasteiger partial charge in [0, 0.05) is 6.42 Å². The molecule has 2 aromatic carbocycles. The van der Waals surface area contributed by atoms with E-state index in [-0.39, 0.29) is 12.4 Å². The van der Waals surface area contributed by atoms with E-state index in [1.807, 2.05) is 60.7 Å². The predicted octanol–water partition coefficient (Wildman–Crippen LogP) is 4.14. The van der Waals surface area contributed by atoms with Crippen molar-refractivity contribution in [3.63, 3.8) is 0 Å². The Bertz CT molecular complexity index is 790. The smallest absolute Gasteiger partial charge is 0.324 e. The summed E-state index contributed by atoms with van der Waals surface area (Å²) in [4.78, 5) is 25.2. The van der Waals surface area contributed by atoms with Crippen molar-refractivity contribution in [3.8, 4) is 0 Å². The van der Waals surface area contributed by atoms with Crippen LogP contribution >= 0.6 is 0 Å². The van der Waals surface area contributed by atoms with Gasteiger partial charge in [0.25, 0.3) is 0 Å². The molecule has 2 aromatic rings. The van der Waals surface area contributed by atoms with Crippen LogP contribution in [0.4, 0.5) is 0 Å². The van der Waals surface area contributed by atoms with Crippen molar-refractivity contribution < 1.29 is 14.3 Å². The van der Waals surface area contributed by atoms with E-state index < -0.39 is 11.4 Å². The van der Waals surface area contributed by atoms with E-state index in [2.05, 4.69) is 0 Å². The number of esters is 1. The first-order valence-corrected chi connectivity index (χ1v) is 8.14. The standard InChI is InChI=1S/C21H20O3/c1-3-24-20(23)21(15(2)22)14-18(16-10-6-4-7-11-16)19(21)17-12-8-5-9-13-17/h4-13H,3,14H2,1-2H3. The lowest BCUT2D eigenvalue weighted by Crippen LogP contribution is -2.46. The van der Waals surface area contributed by atoms with Crippen LogP contribution in [0.25, 0.3) is 11.1 Å². The zero-order valence-electron chi connectivity index (χ0n) is 13.9. The number of carbonyl (C=O) groups excluding carboxylic acids is 2. The van der Waals surface area contributed by atoms with E-state index in [4.69, 9.17) is 4.74 Å². The van der Waals surface area contributed by atoms with Gasteiger partial charge < -0.3 is 4.74 Å². The number of ether oxygens (including phenoxy) is 1. The van der Waals surface area contributed by atoms with Crippen molar-refractivity contribution in [3.05, 3.63) is 71.8 Å². The van der Waals surface area contributed by atoms with Gasteiger partial charge in [-0.25, -0.2) is 0 Å². The van der Waals surface area contributed by atoms with Crippen LogP contribution in [0.3, 0.4) is 0 Å². The van der Waals surface area contributed by atoms with Gasteiger partial charge in [0.05, 0.1) is 6.61 Å². The molecule has 1 aliphatic rings. The Morgan fingerprint density at radius 3 is 2.00 bits per heavy atom. The normalized spacial score (nSPS) is 19.6. The lowest BCUT2D eigenvalue weighted by molar-refractivity contribution is -0.155. The first-order chi connectivity index (χ1) is 11.6. The van der Waals surface area contributed by atoms with E-state index >= 15 is 0 Å². The summed E-state index contributed by atoms with van der Waals surface area (Å²) in [5.41, 5.74) is 2.55. The Labute approximate surface area is 142 Å². The zero-order valence-corrected chi connectivity index (χ0v) is 13.9. The van der Waals surface area contributed by atoms with Gasteiger partial charge in [-0.05, 0) is 36.1 Å². The molecule has 0 aliphatic heterocycles. The summed E-state index contributed by atoms with van der Waals surface area (Å²) in [6, 6.07) is 19.5. The van der Waals surface area contributed by atoms with E-state index in [1.165, 1.54) is 6.92 Å². The third-order valence-corrected chi connectivity index (χ3v) is 4.58. The molecule has 0 heterocycles. The number of ketones is 1. The molecular weight excluding hydrogens is 300 g/mol. The van der Waals surface area contributed by atoms with Gasteiger partial charge in [-0.2, -0.15) is 0 Å². The van der Waals surface area contributed by atoms with Crippen LogP contribution in [-0.4, -0.2) is 18.4 Å². The third kappa shape index (κ3) is 2.46. The maximum atomic E-state index is 12.7. The Morgan fingerprint density at radius 1 is 0.958 bits per heavy atom. The van der Waals surface area contributed by atoms with Crippen LogP contribution in [0.5, 0.6) is 0 Å². The Morgan fingerprint density at radius 2 is 1.50 bits per heavy atom. The molecule has 0 bridgehead atoms. The third-order valence-electron chi connectivity index (χ3n) is 4.58. The summed E-state index contributed by atoms with van der Waals surface area (Å²) < 4.78 is 5.25. The quantitative estimate of drug-likeness (QED) is 0.614. The molecule has 0 amide bonds. The summed E-state index contributed by atoms with van der Waals surface area (Å²) in [7, 11) is 0. The molecule has 0 aromatic heterocycles. The van der Waals surface area contributed by atoms with Crippen LogP contribution in [0.15, 0.2) is 60.7 Å². The van der Waals surface area contributed by atoms with Crippen molar-refractivity contribution in [1.29, 1.82) is 0 Å². The number of rotatable bonds is 5. The molecule has 3 nitrogen and oxygen atoms in total. The minimum absolute atomic E-state index is 0.167. The van der Waals surface area contributed by atoms with Gasteiger partial charge in [-0.1, -0.05) is 60.7 Å². The summed E-state index contributed by atoms with van der Waals surface area (Å²) >= 11 is 0. The first-order valence-electron chi connectivity index (χ1n) is 8.14. The highest BCUT2D eigenvalue weighted by Gasteiger charge is 2.56. The molecule has 122 valence electrons. The van der Waals surface area contributed by atoms with Gasteiger partial charge in [0.15, 0.2) is 11.2 Å². The maximum Gasteiger partial charge on any atom is 0.324 e. The zero-order chi connectivity index (χ0) is 17.2. The Balaban J connectivity index is 2.21. The highest BCUT2D eigenvalue weighted by Crippen LogP contribution is 2.57. The second kappa shape index (κ2) is 6.44. The van der Waals surface area contributed by atoms with Gasteiger partial charge >= 0.3 is 5.97 Å². The van der Waals surface area contributed by atoms with Crippen LogP contribution in [0.2, 0.25) is 0 Å². The van der Waals surface area contributed by atoms with E-state index in [0.29, 0.717) is 6.42 Å². The van der Waals surface area contributed by atoms with Gasteiger partial charge in [-0.3, -0.25) is 9.59 Å². The molecule has 0 N–H and O–H groups in total. The van der Waals surface area contributed by atoms with Crippen molar-refractivity contribution in [1.82, 2.24) is 0 Å². The fourth-order valence-corrected chi connectivity index (χ4v) is 3.38. The van der Waals surface area contributed by atoms with Crippen molar-refractivity contribution in [2.24, 2.45) is 5.41 Å². The first kappa shape index (κ1) is 16.2. The van der Waals surface area contributed by atoms with E-state index in [9.17, 15) is 9.59 Å². The summed E-state index contributed by atoms with van der Waals surface area (Å²) in [5.74, 6) is -0.615. The molecule has 0 fully saturated rings. The van der Waals surface area contributed by atoms with Crippen molar-refractivity contribution in [2.75, 3.05) is 6.61 Å². The minimum Gasteiger partial charge on any atom is -0.465 e. The number of hydrogen-bond acceptors (Lipinski definition) is 3. The lowest BCUT2D eigenvalue weighted by atomic mass is 9.58. The number of Topliss-reactive ketones (excluding diaryl/α,β-unsaturated/α-hetero) is 1. The second-order valence-electron chi connectivity index (χ2n) is 5.94. The fraction of sp³-hybridized carbons (Fsp3) is 0.238. The SMILES string of the molecule is CCOC(=O)C1(C(C)=O)CC(c2ccccc2)=C1c1ccccc1. The number of hydrogen-bond donors (Lipinski definition) is 0. The summed E-state index contributed by atoms with van der Waals surface area (Å²) in [6.45, 7) is 3.49. The summed E-state index contributed by atoms with van der Waals surface area (Å²) in [5, 5.41) is 0. The fourth-order valence-electron chi connectivity index (χ4n) is 3.38. The largest absolute Gasteiger partial charge is 0.465 e. The highest BCUT2D eigenvalue weighted by molar-refractivity contribution is 6.24. The number of benzene rings is 2. The van der Waals surface area contributed by atoms with Gasteiger partial charge in [-0.15, -0.1) is 0 Å². The molecular formula is C21H20O3. The van der Waals surface area contributed by atoms with Gasteiger partial charge in [0.1, 0.15) is 0 Å². The predicted molar refractivity (Wildman–Crippen MR) is 94.1 cm³/mol. The topological polar surface area (TPSA) is 43.4 Å². The molecule has 0 saturated carbocycles.